The van der Waals surface area contributed by atoms with Gasteiger partial charge in [0, 0.05) is 16.6 Å². The van der Waals surface area contributed by atoms with E-state index in [9.17, 15) is 0 Å². The van der Waals surface area contributed by atoms with Crippen molar-refractivity contribution in [3.63, 3.8) is 0 Å². The van der Waals surface area contributed by atoms with Crippen molar-refractivity contribution in [2.75, 3.05) is 5.73 Å². The van der Waals surface area contributed by atoms with E-state index in [4.69, 9.17) is 12.2 Å². The molecule has 1 heteroatoms. The van der Waals surface area contributed by atoms with Crippen LogP contribution in [-0.2, 0) is 0 Å². The first-order chi connectivity index (χ1) is 6.33. The predicted octanol–water partition coefficient (Wildman–Crippen LogP) is 2.40. The third-order valence-corrected chi connectivity index (χ3v) is 2.11. The van der Waals surface area contributed by atoms with Crippen LogP contribution >= 0.6 is 0 Å². The Morgan fingerprint density at radius 2 is 1.69 bits per heavy atom. The number of anilines is 1. The second kappa shape index (κ2) is 2.84. The monoisotopic (exact) mass is 167 g/mol. The van der Waals surface area contributed by atoms with Gasteiger partial charge in [0.15, 0.2) is 0 Å². The number of nitrogen functional groups attached to an aromatic ring is 1. The van der Waals surface area contributed by atoms with Gasteiger partial charge in [0.05, 0.1) is 0 Å². The summed E-state index contributed by atoms with van der Waals surface area (Å²) in [7, 11) is 0. The number of nitrogens with two attached hydrogens (primary N) is 1. The molecule has 0 fully saturated rings. The van der Waals surface area contributed by atoms with Crippen LogP contribution in [0.5, 0.6) is 0 Å². The minimum Gasteiger partial charge on any atom is -0.398 e. The van der Waals surface area contributed by atoms with Gasteiger partial charge in [0.2, 0.25) is 0 Å². The molecule has 0 spiro atoms. The van der Waals surface area contributed by atoms with Crippen LogP contribution in [0.4, 0.5) is 5.69 Å². The van der Waals surface area contributed by atoms with E-state index >= 15 is 0 Å². The summed E-state index contributed by atoms with van der Waals surface area (Å²) in [4.78, 5) is 0. The Balaban J connectivity index is 2.95. The lowest BCUT2D eigenvalue weighted by molar-refractivity contribution is 1.69. The Hall–Kier alpha value is -1.94. The highest BCUT2D eigenvalue weighted by atomic mass is 14.5. The predicted molar refractivity (Wildman–Crippen MR) is 56.3 cm³/mol. The van der Waals surface area contributed by atoms with E-state index in [0.717, 1.165) is 22.0 Å². The standard InChI is InChI=1S/C12H9N/c1-2-9-7-8-12(13)11-6-4-3-5-10(9)11/h1,3-8H,13H2. The fraction of sp³-hybridized carbons (Fsp3) is 0. The Morgan fingerprint density at radius 1 is 1.00 bits per heavy atom. The zero-order valence-electron chi connectivity index (χ0n) is 7.12. The number of hydrogen-bond donors (Lipinski definition) is 1. The molecule has 0 radical (unpaired) electrons. The van der Waals surface area contributed by atoms with E-state index in [0.29, 0.717) is 0 Å². The molecule has 0 bridgehead atoms. The van der Waals surface area contributed by atoms with Crippen LogP contribution in [0.3, 0.4) is 0 Å². The van der Waals surface area contributed by atoms with Gasteiger partial charge < -0.3 is 5.73 Å². The second-order valence-electron chi connectivity index (χ2n) is 2.89. The molecule has 13 heavy (non-hydrogen) atoms. The van der Waals surface area contributed by atoms with Gasteiger partial charge in [-0.3, -0.25) is 0 Å². The Kier molecular flexibility index (Phi) is 1.68. The summed E-state index contributed by atoms with van der Waals surface area (Å²) in [6, 6.07) is 11.6. The molecule has 62 valence electrons. The summed E-state index contributed by atoms with van der Waals surface area (Å²) < 4.78 is 0. The Bertz CT molecular complexity index is 492. The molecule has 0 heterocycles. The molecule has 2 N–H and O–H groups in total. The van der Waals surface area contributed by atoms with Crippen molar-refractivity contribution < 1.29 is 0 Å². The molecular formula is C12H9N. The van der Waals surface area contributed by atoms with Gasteiger partial charge >= 0.3 is 0 Å². The van der Waals surface area contributed by atoms with Crippen molar-refractivity contribution in [3.05, 3.63) is 42.0 Å². The Morgan fingerprint density at radius 3 is 2.38 bits per heavy atom. The van der Waals surface area contributed by atoms with Crippen LogP contribution in [0, 0.1) is 12.3 Å². The zero-order chi connectivity index (χ0) is 9.26. The lowest BCUT2D eigenvalue weighted by atomic mass is 10.0. The average Bonchev–Trinajstić information content (AvgIpc) is 2.19. The highest BCUT2D eigenvalue weighted by Gasteiger charge is 1.99. The van der Waals surface area contributed by atoms with Crippen molar-refractivity contribution in [2.24, 2.45) is 0 Å². The first-order valence-electron chi connectivity index (χ1n) is 4.07. The van der Waals surface area contributed by atoms with Crippen LogP contribution in [0.15, 0.2) is 36.4 Å². The maximum atomic E-state index is 5.81. The smallest absolute Gasteiger partial charge is 0.0394 e. The van der Waals surface area contributed by atoms with Crippen molar-refractivity contribution >= 4 is 16.5 Å². The van der Waals surface area contributed by atoms with E-state index in [-0.39, 0.29) is 0 Å². The van der Waals surface area contributed by atoms with Crippen molar-refractivity contribution in [1.29, 1.82) is 0 Å². The normalized spacial score (nSPS) is 9.77. The van der Waals surface area contributed by atoms with E-state index in [1.54, 1.807) is 0 Å². The fourth-order valence-electron chi connectivity index (χ4n) is 1.45. The van der Waals surface area contributed by atoms with Crippen LogP contribution < -0.4 is 5.73 Å². The highest BCUT2D eigenvalue weighted by Crippen LogP contribution is 2.23. The summed E-state index contributed by atoms with van der Waals surface area (Å²) in [5.41, 5.74) is 7.48. The summed E-state index contributed by atoms with van der Waals surface area (Å²) in [6.45, 7) is 0. The van der Waals surface area contributed by atoms with Crippen LogP contribution in [0.2, 0.25) is 0 Å². The van der Waals surface area contributed by atoms with E-state index in [1.807, 2.05) is 36.4 Å². The lowest BCUT2D eigenvalue weighted by Crippen LogP contribution is -1.88. The van der Waals surface area contributed by atoms with Crippen molar-refractivity contribution in [2.45, 2.75) is 0 Å². The number of benzene rings is 2. The molecule has 0 unspecified atom stereocenters. The maximum Gasteiger partial charge on any atom is 0.0394 e. The van der Waals surface area contributed by atoms with Gasteiger partial charge in [-0.1, -0.05) is 30.2 Å². The Labute approximate surface area is 77.2 Å². The largest absolute Gasteiger partial charge is 0.398 e. The molecule has 0 aliphatic carbocycles. The summed E-state index contributed by atoms with van der Waals surface area (Å²) in [6.07, 6.45) is 5.38. The SMILES string of the molecule is C#Cc1ccc(N)c2ccccc12. The quantitative estimate of drug-likeness (QED) is 0.473. The van der Waals surface area contributed by atoms with Gasteiger partial charge in [-0.15, -0.1) is 6.42 Å². The summed E-state index contributed by atoms with van der Waals surface area (Å²) >= 11 is 0. The van der Waals surface area contributed by atoms with Gasteiger partial charge in [0.25, 0.3) is 0 Å². The lowest BCUT2D eigenvalue weighted by Gasteiger charge is -2.03. The molecule has 0 aliphatic heterocycles. The maximum absolute atomic E-state index is 5.81. The minimum atomic E-state index is 0.773. The fourth-order valence-corrected chi connectivity index (χ4v) is 1.45. The van der Waals surface area contributed by atoms with Gasteiger partial charge in [-0.25, -0.2) is 0 Å². The first kappa shape index (κ1) is 7.70. The first-order valence-corrected chi connectivity index (χ1v) is 4.07. The molecule has 0 saturated carbocycles. The van der Waals surface area contributed by atoms with E-state index in [2.05, 4.69) is 5.92 Å². The molecule has 0 aromatic heterocycles. The van der Waals surface area contributed by atoms with E-state index < -0.39 is 0 Å². The average molecular weight is 167 g/mol. The van der Waals surface area contributed by atoms with Crippen molar-refractivity contribution in [1.82, 2.24) is 0 Å². The van der Waals surface area contributed by atoms with Crippen LogP contribution in [0.1, 0.15) is 5.56 Å². The van der Waals surface area contributed by atoms with Gasteiger partial charge in [-0.2, -0.15) is 0 Å². The third kappa shape index (κ3) is 1.13. The summed E-state index contributed by atoms with van der Waals surface area (Å²) in [5.74, 6) is 2.64. The number of rotatable bonds is 0. The molecule has 0 aliphatic rings. The van der Waals surface area contributed by atoms with Gasteiger partial charge in [0.1, 0.15) is 0 Å². The molecule has 2 rings (SSSR count). The summed E-state index contributed by atoms with van der Waals surface area (Å²) in [5, 5.41) is 2.07. The third-order valence-electron chi connectivity index (χ3n) is 2.11. The number of hydrogen-bond acceptors (Lipinski definition) is 1. The van der Waals surface area contributed by atoms with Crippen LogP contribution in [0.25, 0.3) is 10.8 Å². The molecule has 2 aromatic rings. The number of fused-ring (bicyclic) bond motifs is 1. The molecule has 1 nitrogen and oxygen atoms in total. The van der Waals surface area contributed by atoms with E-state index in [1.165, 1.54) is 0 Å². The van der Waals surface area contributed by atoms with Crippen molar-refractivity contribution in [3.8, 4) is 12.3 Å². The van der Waals surface area contributed by atoms with Crippen LogP contribution in [-0.4, -0.2) is 0 Å². The molecular weight excluding hydrogens is 158 g/mol. The minimum absolute atomic E-state index is 0.773. The van der Waals surface area contributed by atoms with Gasteiger partial charge in [-0.05, 0) is 17.5 Å². The molecule has 0 saturated heterocycles. The zero-order valence-corrected chi connectivity index (χ0v) is 7.12. The number of terminal acetylenes is 1. The topological polar surface area (TPSA) is 26.0 Å². The molecule has 0 atom stereocenters. The highest BCUT2D eigenvalue weighted by molar-refractivity contribution is 5.96. The molecule has 2 aromatic carbocycles. The molecule has 0 amide bonds. The second-order valence-corrected chi connectivity index (χ2v) is 2.89.